The van der Waals surface area contributed by atoms with E-state index in [-0.39, 0.29) is 0 Å². The summed E-state index contributed by atoms with van der Waals surface area (Å²) in [5.41, 5.74) is 1.95. The zero-order valence-corrected chi connectivity index (χ0v) is 11.7. The number of pyridine rings is 1. The Morgan fingerprint density at radius 3 is 2.83 bits per heavy atom. The van der Waals surface area contributed by atoms with Crippen LogP contribution in [0.4, 0.5) is 0 Å². The molecule has 0 saturated heterocycles. The van der Waals surface area contributed by atoms with E-state index in [2.05, 4.69) is 37.0 Å². The summed E-state index contributed by atoms with van der Waals surface area (Å²) < 4.78 is 0. The number of benzene rings is 1. The van der Waals surface area contributed by atoms with E-state index in [1.165, 1.54) is 30.2 Å². The van der Waals surface area contributed by atoms with E-state index < -0.39 is 0 Å². The maximum Gasteiger partial charge on any atom is 0.136 e. The van der Waals surface area contributed by atoms with E-state index in [4.69, 9.17) is 11.6 Å². The van der Waals surface area contributed by atoms with Gasteiger partial charge in [-0.1, -0.05) is 43.6 Å². The molecule has 1 heterocycles. The molecule has 1 aliphatic rings. The first kappa shape index (κ1) is 12.0. The van der Waals surface area contributed by atoms with Gasteiger partial charge in [0.1, 0.15) is 5.15 Å². The Bertz CT molecular complexity index is 589. The van der Waals surface area contributed by atoms with Crippen molar-refractivity contribution in [3.05, 3.63) is 41.2 Å². The van der Waals surface area contributed by atoms with E-state index in [9.17, 15) is 0 Å². The van der Waals surface area contributed by atoms with Crippen molar-refractivity contribution >= 4 is 22.4 Å². The van der Waals surface area contributed by atoms with Crippen LogP contribution in [0.15, 0.2) is 30.5 Å². The molecule has 0 spiro atoms. The lowest BCUT2D eigenvalue weighted by Crippen LogP contribution is -2.04. The minimum Gasteiger partial charge on any atom is -0.244 e. The van der Waals surface area contributed by atoms with Crippen molar-refractivity contribution in [2.75, 3.05) is 0 Å². The summed E-state index contributed by atoms with van der Waals surface area (Å²) >= 11 is 6.10. The van der Waals surface area contributed by atoms with Crippen molar-refractivity contribution in [2.24, 2.45) is 5.41 Å². The fraction of sp³-hybridized carbons (Fsp3) is 0.438. The van der Waals surface area contributed by atoms with Gasteiger partial charge in [0.2, 0.25) is 0 Å². The number of nitrogens with zero attached hydrogens (tertiary/aromatic N) is 1. The molecule has 0 amide bonds. The van der Waals surface area contributed by atoms with E-state index >= 15 is 0 Å². The van der Waals surface area contributed by atoms with Crippen LogP contribution in [-0.4, -0.2) is 4.98 Å². The van der Waals surface area contributed by atoms with Gasteiger partial charge in [-0.25, -0.2) is 4.98 Å². The van der Waals surface area contributed by atoms with E-state index in [0.29, 0.717) is 16.5 Å². The molecule has 0 bridgehead atoms. The van der Waals surface area contributed by atoms with Crippen molar-refractivity contribution in [1.29, 1.82) is 0 Å². The Morgan fingerprint density at radius 2 is 2.11 bits per heavy atom. The molecular formula is C16H18ClN. The van der Waals surface area contributed by atoms with Crippen LogP contribution in [0.5, 0.6) is 0 Å². The quantitative estimate of drug-likeness (QED) is 0.643. The zero-order chi connectivity index (χ0) is 12.8. The maximum atomic E-state index is 6.10. The van der Waals surface area contributed by atoms with E-state index in [0.717, 1.165) is 5.39 Å². The molecule has 3 rings (SSSR count). The third-order valence-corrected chi connectivity index (χ3v) is 4.48. The van der Waals surface area contributed by atoms with Crippen molar-refractivity contribution in [3.8, 4) is 0 Å². The van der Waals surface area contributed by atoms with Crippen molar-refractivity contribution in [1.82, 2.24) is 4.98 Å². The van der Waals surface area contributed by atoms with Gasteiger partial charge < -0.3 is 0 Å². The molecule has 1 aliphatic carbocycles. The van der Waals surface area contributed by atoms with Gasteiger partial charge >= 0.3 is 0 Å². The largest absolute Gasteiger partial charge is 0.244 e. The molecule has 0 aliphatic heterocycles. The molecule has 18 heavy (non-hydrogen) atoms. The van der Waals surface area contributed by atoms with Gasteiger partial charge in [0, 0.05) is 11.6 Å². The fourth-order valence-corrected chi connectivity index (χ4v) is 3.36. The number of aromatic nitrogens is 1. The Morgan fingerprint density at radius 1 is 1.28 bits per heavy atom. The van der Waals surface area contributed by atoms with E-state index in [1.54, 1.807) is 6.20 Å². The summed E-state index contributed by atoms with van der Waals surface area (Å²) in [5, 5.41) is 2.86. The minimum absolute atomic E-state index is 0.496. The van der Waals surface area contributed by atoms with Crippen LogP contribution in [0.3, 0.4) is 0 Å². The second kappa shape index (κ2) is 4.24. The average molecular weight is 260 g/mol. The highest BCUT2D eigenvalue weighted by molar-refractivity contribution is 6.34. The number of hydrogen-bond donors (Lipinski definition) is 0. The summed E-state index contributed by atoms with van der Waals surface area (Å²) in [6.07, 6.45) is 5.70. The highest BCUT2D eigenvalue weighted by Gasteiger charge is 2.31. The molecule has 1 atom stereocenters. The summed E-state index contributed by atoms with van der Waals surface area (Å²) in [5.74, 6) is 0.705. The van der Waals surface area contributed by atoms with Gasteiger partial charge in [0.05, 0.1) is 0 Å². The number of hydrogen-bond acceptors (Lipinski definition) is 1. The highest BCUT2D eigenvalue weighted by atomic mass is 35.5. The van der Waals surface area contributed by atoms with Crippen LogP contribution in [-0.2, 0) is 0 Å². The molecule has 0 N–H and O–H groups in total. The lowest BCUT2D eigenvalue weighted by molar-refractivity contribution is 0.376. The Balaban J connectivity index is 1.99. The zero-order valence-electron chi connectivity index (χ0n) is 10.9. The molecule has 1 saturated carbocycles. The van der Waals surface area contributed by atoms with Crippen LogP contribution in [0.25, 0.3) is 10.8 Å². The Hall–Kier alpha value is -1.08. The molecule has 94 valence electrons. The monoisotopic (exact) mass is 259 g/mol. The molecule has 2 aromatic rings. The van der Waals surface area contributed by atoms with Gasteiger partial charge in [0.15, 0.2) is 0 Å². The first-order chi connectivity index (χ1) is 8.55. The molecular weight excluding hydrogens is 242 g/mol. The standard InChI is InChI=1S/C16H18ClN/c1-16(2)7-5-13(10-16)11-3-4-14-12(9-11)6-8-18-15(14)17/h3-4,6,8-9,13H,5,7,10H2,1-2H3. The van der Waals surface area contributed by atoms with Crippen LogP contribution in [0.2, 0.25) is 5.15 Å². The third-order valence-electron chi connectivity index (χ3n) is 4.18. The molecule has 0 radical (unpaired) electrons. The molecule has 1 unspecified atom stereocenters. The van der Waals surface area contributed by atoms with Crippen LogP contribution < -0.4 is 0 Å². The predicted molar refractivity (Wildman–Crippen MR) is 77.1 cm³/mol. The third kappa shape index (κ3) is 2.12. The topological polar surface area (TPSA) is 12.9 Å². The van der Waals surface area contributed by atoms with Crippen molar-refractivity contribution in [3.63, 3.8) is 0 Å². The molecule has 1 aromatic carbocycles. The number of halogens is 1. The second-order valence-corrected chi connectivity index (χ2v) is 6.54. The Kier molecular flexibility index (Phi) is 2.82. The summed E-state index contributed by atoms with van der Waals surface area (Å²) in [6.45, 7) is 4.74. The lowest BCUT2D eigenvalue weighted by Gasteiger charge is -2.17. The van der Waals surface area contributed by atoms with Gasteiger partial charge in [-0.2, -0.15) is 0 Å². The van der Waals surface area contributed by atoms with E-state index in [1.807, 2.05) is 6.07 Å². The second-order valence-electron chi connectivity index (χ2n) is 6.19. The fourth-order valence-electron chi connectivity index (χ4n) is 3.13. The molecule has 1 aromatic heterocycles. The number of rotatable bonds is 1. The molecule has 1 nitrogen and oxygen atoms in total. The number of fused-ring (bicyclic) bond motifs is 1. The highest BCUT2D eigenvalue weighted by Crippen LogP contribution is 2.46. The van der Waals surface area contributed by atoms with Crippen LogP contribution >= 0.6 is 11.6 Å². The summed E-state index contributed by atoms with van der Waals surface area (Å²) in [7, 11) is 0. The van der Waals surface area contributed by atoms with Crippen LogP contribution in [0, 0.1) is 5.41 Å². The molecule has 2 heteroatoms. The minimum atomic E-state index is 0.496. The normalized spacial score (nSPS) is 22.5. The summed E-state index contributed by atoms with van der Waals surface area (Å²) in [6, 6.07) is 8.67. The van der Waals surface area contributed by atoms with Gasteiger partial charge in [-0.05, 0) is 47.6 Å². The average Bonchev–Trinajstić information content (AvgIpc) is 2.70. The predicted octanol–water partition coefficient (Wildman–Crippen LogP) is 5.18. The van der Waals surface area contributed by atoms with Gasteiger partial charge in [0.25, 0.3) is 0 Å². The van der Waals surface area contributed by atoms with Gasteiger partial charge in [-0.15, -0.1) is 0 Å². The SMILES string of the molecule is CC1(C)CCC(c2ccc3c(Cl)nccc3c2)C1. The van der Waals surface area contributed by atoms with Gasteiger partial charge in [-0.3, -0.25) is 0 Å². The summed E-state index contributed by atoms with van der Waals surface area (Å²) in [4.78, 5) is 4.12. The molecule has 1 fully saturated rings. The van der Waals surface area contributed by atoms with Crippen LogP contribution in [0.1, 0.15) is 44.6 Å². The lowest BCUT2D eigenvalue weighted by atomic mass is 9.88. The van der Waals surface area contributed by atoms with Crippen molar-refractivity contribution < 1.29 is 0 Å². The van der Waals surface area contributed by atoms with Crippen molar-refractivity contribution in [2.45, 2.75) is 39.0 Å². The first-order valence-corrected chi connectivity index (χ1v) is 6.97. The first-order valence-electron chi connectivity index (χ1n) is 6.59. The smallest absolute Gasteiger partial charge is 0.136 e. The maximum absolute atomic E-state index is 6.10. The Labute approximate surface area is 113 Å².